The van der Waals surface area contributed by atoms with Crippen LogP contribution >= 0.6 is 0 Å². The highest BCUT2D eigenvalue weighted by molar-refractivity contribution is 5.91. The molecule has 0 heterocycles. The number of fused-ring (bicyclic) bond motifs is 4. The molecule has 0 amide bonds. The first kappa shape index (κ1) is 13.3. The molecule has 2 aromatic carbocycles. The van der Waals surface area contributed by atoms with Crippen LogP contribution in [0.25, 0.3) is 0 Å². The first-order chi connectivity index (χ1) is 10.8. The number of ether oxygens (including phenoxy) is 1. The van der Waals surface area contributed by atoms with Crippen LogP contribution in [0.4, 0.5) is 0 Å². The molecule has 2 aliphatic rings. The molecule has 2 aliphatic carbocycles. The Labute approximate surface area is 130 Å². The number of methoxy groups -OCH3 is 1. The van der Waals surface area contributed by atoms with Crippen molar-refractivity contribution in [2.24, 2.45) is 0 Å². The minimum atomic E-state index is -0.568. The molecule has 0 aromatic heterocycles. The summed E-state index contributed by atoms with van der Waals surface area (Å²) in [5.41, 5.74) is 3.02. The first-order valence-electron chi connectivity index (χ1n) is 7.69. The van der Waals surface area contributed by atoms with E-state index in [1.54, 1.807) is 0 Å². The zero-order valence-corrected chi connectivity index (χ0v) is 12.5. The Bertz CT molecular complexity index is 747. The van der Waals surface area contributed by atoms with E-state index in [0.717, 1.165) is 12.0 Å². The average Bonchev–Trinajstić information content (AvgIpc) is 2.59. The molecule has 3 atom stereocenters. The van der Waals surface area contributed by atoms with Crippen molar-refractivity contribution >= 4 is 5.97 Å². The molecular formula is C20H18O2. The molecule has 1 unspecified atom stereocenters. The number of allylic oxidation sites excluding steroid dienone is 2. The van der Waals surface area contributed by atoms with Gasteiger partial charge < -0.3 is 4.74 Å². The van der Waals surface area contributed by atoms with E-state index in [2.05, 4.69) is 36.4 Å². The predicted molar refractivity (Wildman–Crippen MR) is 85.8 cm³/mol. The highest BCUT2D eigenvalue weighted by atomic mass is 16.5. The van der Waals surface area contributed by atoms with Gasteiger partial charge in [0.25, 0.3) is 0 Å². The van der Waals surface area contributed by atoms with E-state index in [1.807, 2.05) is 30.3 Å². The first-order valence-corrected chi connectivity index (χ1v) is 7.69. The van der Waals surface area contributed by atoms with Crippen molar-refractivity contribution in [3.63, 3.8) is 0 Å². The summed E-state index contributed by atoms with van der Waals surface area (Å²) in [6, 6.07) is 18.6. The summed E-state index contributed by atoms with van der Waals surface area (Å²) in [6.45, 7) is 0. The lowest BCUT2D eigenvalue weighted by molar-refractivity contribution is -0.151. The fourth-order valence-electron chi connectivity index (χ4n) is 4.31. The molecule has 22 heavy (non-hydrogen) atoms. The number of hydrogen-bond donors (Lipinski definition) is 0. The number of carbonyl (C=O) groups excluding carboxylic acids is 1. The summed E-state index contributed by atoms with van der Waals surface area (Å²) >= 11 is 0. The lowest BCUT2D eigenvalue weighted by Crippen LogP contribution is -2.55. The van der Waals surface area contributed by atoms with Gasteiger partial charge in [0.1, 0.15) is 5.41 Å². The third kappa shape index (κ3) is 1.52. The molecule has 0 radical (unpaired) electrons. The van der Waals surface area contributed by atoms with Crippen LogP contribution < -0.4 is 0 Å². The number of carbonyl (C=O) groups is 1. The molecule has 0 spiro atoms. The van der Waals surface area contributed by atoms with Gasteiger partial charge in [-0.15, -0.1) is 0 Å². The molecule has 0 bridgehead atoms. The number of rotatable bonds is 2. The maximum atomic E-state index is 12.8. The predicted octanol–water partition coefficient (Wildman–Crippen LogP) is 3.94. The van der Waals surface area contributed by atoms with Gasteiger partial charge in [0, 0.05) is 11.8 Å². The van der Waals surface area contributed by atoms with E-state index in [9.17, 15) is 4.79 Å². The molecule has 2 nitrogen and oxygen atoms in total. The second-order valence-corrected chi connectivity index (χ2v) is 6.05. The standard InChI is InChI=1S/C20H18O2/c1-22-19(21)20-16(14-8-3-2-4-9-14)12-7-13-18(20)15-10-5-6-11-17(15)20/h2-11,13,16,18H,12H2,1H3/t16-,18?,20+/m1/s1. The smallest absolute Gasteiger partial charge is 0.317 e. The van der Waals surface area contributed by atoms with E-state index in [0.29, 0.717) is 0 Å². The normalized spacial score (nSPS) is 28.2. The average molecular weight is 290 g/mol. The molecule has 110 valence electrons. The van der Waals surface area contributed by atoms with Crippen LogP contribution in [0.5, 0.6) is 0 Å². The zero-order valence-electron chi connectivity index (χ0n) is 12.5. The lowest BCUT2D eigenvalue weighted by Gasteiger charge is -2.54. The van der Waals surface area contributed by atoms with Crippen LogP contribution in [0.15, 0.2) is 66.7 Å². The summed E-state index contributed by atoms with van der Waals surface area (Å²) in [4.78, 5) is 12.8. The second-order valence-electron chi connectivity index (χ2n) is 6.05. The fourth-order valence-corrected chi connectivity index (χ4v) is 4.31. The SMILES string of the molecule is COC(=O)[C@@]12c3ccccc3C1C=CC[C@@H]2c1ccccc1. The van der Waals surface area contributed by atoms with Crippen LogP contribution in [0.3, 0.4) is 0 Å². The topological polar surface area (TPSA) is 26.3 Å². The molecule has 2 heteroatoms. The Morgan fingerprint density at radius 2 is 1.82 bits per heavy atom. The van der Waals surface area contributed by atoms with Gasteiger partial charge in [-0.3, -0.25) is 4.79 Å². The molecular weight excluding hydrogens is 272 g/mol. The quantitative estimate of drug-likeness (QED) is 0.618. The van der Waals surface area contributed by atoms with Gasteiger partial charge >= 0.3 is 5.97 Å². The van der Waals surface area contributed by atoms with E-state index < -0.39 is 5.41 Å². The molecule has 0 saturated carbocycles. The van der Waals surface area contributed by atoms with E-state index in [1.165, 1.54) is 18.2 Å². The van der Waals surface area contributed by atoms with Crippen LogP contribution in [-0.4, -0.2) is 13.1 Å². The summed E-state index contributed by atoms with van der Waals surface area (Å²) in [6.07, 6.45) is 5.25. The highest BCUT2D eigenvalue weighted by Gasteiger charge is 2.62. The van der Waals surface area contributed by atoms with Crippen molar-refractivity contribution in [3.8, 4) is 0 Å². The zero-order chi connectivity index (χ0) is 15.2. The lowest BCUT2D eigenvalue weighted by atomic mass is 9.47. The minimum Gasteiger partial charge on any atom is -0.468 e. The monoisotopic (exact) mass is 290 g/mol. The van der Waals surface area contributed by atoms with Gasteiger partial charge in [0.2, 0.25) is 0 Å². The molecule has 0 fully saturated rings. The molecule has 0 aliphatic heterocycles. The highest BCUT2D eigenvalue weighted by Crippen LogP contribution is 2.62. The van der Waals surface area contributed by atoms with Gasteiger partial charge in [0.15, 0.2) is 0 Å². The third-order valence-corrected chi connectivity index (χ3v) is 5.21. The number of esters is 1. The third-order valence-electron chi connectivity index (χ3n) is 5.21. The summed E-state index contributed by atoms with van der Waals surface area (Å²) in [5, 5.41) is 0. The Morgan fingerprint density at radius 3 is 2.59 bits per heavy atom. The van der Waals surface area contributed by atoms with Gasteiger partial charge in [-0.1, -0.05) is 66.7 Å². The second kappa shape index (κ2) is 4.84. The van der Waals surface area contributed by atoms with Crippen molar-refractivity contribution in [3.05, 3.63) is 83.4 Å². The minimum absolute atomic E-state index is 0.116. The fraction of sp³-hybridized carbons (Fsp3) is 0.250. The summed E-state index contributed by atoms with van der Waals surface area (Å²) in [7, 11) is 1.50. The molecule has 4 rings (SSSR count). The van der Waals surface area contributed by atoms with Gasteiger partial charge in [-0.05, 0) is 23.1 Å². The Morgan fingerprint density at radius 1 is 1.09 bits per heavy atom. The molecule has 0 N–H and O–H groups in total. The molecule has 2 aromatic rings. The molecule has 0 saturated heterocycles. The van der Waals surface area contributed by atoms with Gasteiger partial charge in [0.05, 0.1) is 7.11 Å². The van der Waals surface area contributed by atoms with Crippen molar-refractivity contribution in [2.45, 2.75) is 23.7 Å². The number of hydrogen-bond acceptors (Lipinski definition) is 2. The van der Waals surface area contributed by atoms with Crippen LogP contribution in [0, 0.1) is 0 Å². The summed E-state index contributed by atoms with van der Waals surface area (Å²) < 4.78 is 5.25. The maximum absolute atomic E-state index is 12.8. The van der Waals surface area contributed by atoms with Crippen LogP contribution in [-0.2, 0) is 14.9 Å². The Balaban J connectivity index is 1.94. The van der Waals surface area contributed by atoms with Gasteiger partial charge in [-0.25, -0.2) is 0 Å². The van der Waals surface area contributed by atoms with Gasteiger partial charge in [-0.2, -0.15) is 0 Å². The van der Waals surface area contributed by atoms with Crippen molar-refractivity contribution in [1.29, 1.82) is 0 Å². The van der Waals surface area contributed by atoms with E-state index >= 15 is 0 Å². The van der Waals surface area contributed by atoms with Crippen molar-refractivity contribution < 1.29 is 9.53 Å². The largest absolute Gasteiger partial charge is 0.468 e. The maximum Gasteiger partial charge on any atom is 0.317 e. The van der Waals surface area contributed by atoms with Crippen LogP contribution in [0.1, 0.15) is 34.9 Å². The Kier molecular flexibility index (Phi) is 2.93. The van der Waals surface area contributed by atoms with Crippen molar-refractivity contribution in [2.75, 3.05) is 7.11 Å². The Hall–Kier alpha value is -2.35. The van der Waals surface area contributed by atoms with Crippen LogP contribution in [0.2, 0.25) is 0 Å². The number of benzene rings is 2. The van der Waals surface area contributed by atoms with E-state index in [4.69, 9.17) is 4.74 Å². The van der Waals surface area contributed by atoms with E-state index in [-0.39, 0.29) is 17.8 Å². The summed E-state index contributed by atoms with van der Waals surface area (Å²) in [5.74, 6) is 0.135. The van der Waals surface area contributed by atoms with Crippen molar-refractivity contribution in [1.82, 2.24) is 0 Å².